The van der Waals surface area contributed by atoms with Crippen molar-refractivity contribution in [3.05, 3.63) is 40.2 Å². The second-order valence-electron chi connectivity index (χ2n) is 5.68. The van der Waals surface area contributed by atoms with Crippen molar-refractivity contribution in [3.8, 4) is 17.2 Å². The molecule has 23 heavy (non-hydrogen) atoms. The molecule has 0 aliphatic carbocycles. The van der Waals surface area contributed by atoms with Crippen molar-refractivity contribution in [1.29, 1.82) is 5.26 Å². The Morgan fingerprint density at radius 2 is 2.13 bits per heavy atom. The second kappa shape index (κ2) is 7.63. The lowest BCUT2D eigenvalue weighted by Crippen LogP contribution is -2.20. The average Bonchev–Trinajstić information content (AvgIpc) is 2.80. The molecule has 0 saturated carbocycles. The highest BCUT2D eigenvalue weighted by atomic mass is 35.5. The summed E-state index contributed by atoms with van der Waals surface area (Å²) in [6, 6.07) is 7.60. The van der Waals surface area contributed by atoms with Gasteiger partial charge in [-0.1, -0.05) is 31.0 Å². The highest BCUT2D eigenvalue weighted by molar-refractivity contribution is 6.32. The number of hydrogen-bond acceptors (Lipinski definition) is 3. The molecule has 0 aliphatic heterocycles. The molecule has 1 heterocycles. The largest absolute Gasteiger partial charge is 0.380 e. The minimum absolute atomic E-state index is 0.162. The molecule has 1 atom stereocenters. The number of rotatable bonds is 6. The Labute approximate surface area is 142 Å². The van der Waals surface area contributed by atoms with Crippen LogP contribution in [0.25, 0.3) is 11.1 Å². The molecule has 2 aromatic rings. The highest BCUT2D eigenvalue weighted by Gasteiger charge is 2.17. The fourth-order valence-corrected chi connectivity index (χ4v) is 3.08. The molecule has 1 aromatic heterocycles. The van der Waals surface area contributed by atoms with Crippen LogP contribution in [-0.2, 0) is 11.3 Å². The first-order valence-corrected chi connectivity index (χ1v) is 8.16. The smallest absolute Gasteiger partial charge is 0.101 e. The summed E-state index contributed by atoms with van der Waals surface area (Å²) in [7, 11) is 1.74. The van der Waals surface area contributed by atoms with Gasteiger partial charge < -0.3 is 4.74 Å². The summed E-state index contributed by atoms with van der Waals surface area (Å²) in [6.45, 7) is 6.94. The van der Waals surface area contributed by atoms with Gasteiger partial charge in [0.25, 0.3) is 0 Å². The normalized spacial score (nSPS) is 12.2. The molecule has 122 valence electrons. The van der Waals surface area contributed by atoms with Gasteiger partial charge in [0.05, 0.1) is 28.9 Å². The number of nitrogens with zero attached hydrogens (tertiary/aromatic N) is 3. The molecule has 5 heteroatoms. The Hall–Kier alpha value is -1.83. The zero-order valence-corrected chi connectivity index (χ0v) is 14.8. The molecule has 1 unspecified atom stereocenters. The number of aromatic nitrogens is 2. The molecule has 0 bridgehead atoms. The van der Waals surface area contributed by atoms with Crippen LogP contribution in [0.15, 0.2) is 18.2 Å². The Balaban J connectivity index is 2.38. The lowest BCUT2D eigenvalue weighted by molar-refractivity contribution is 0.0763. The maximum atomic E-state index is 9.01. The number of methoxy groups -OCH3 is 1. The Bertz CT molecular complexity index is 731. The fraction of sp³-hybridized carbons (Fsp3) is 0.444. The number of aryl methyl sites for hydroxylation is 1. The highest BCUT2D eigenvalue weighted by Crippen LogP contribution is 2.30. The molecule has 4 nitrogen and oxygen atoms in total. The third-order valence-electron chi connectivity index (χ3n) is 4.08. The van der Waals surface area contributed by atoms with Gasteiger partial charge in [-0.15, -0.1) is 0 Å². The molecule has 0 saturated heterocycles. The van der Waals surface area contributed by atoms with E-state index in [1.165, 1.54) is 0 Å². The number of hydrogen-bond donors (Lipinski definition) is 0. The first-order valence-electron chi connectivity index (χ1n) is 7.78. The summed E-state index contributed by atoms with van der Waals surface area (Å²) in [6.07, 6.45) is 2.25. The van der Waals surface area contributed by atoms with Crippen LogP contribution < -0.4 is 0 Å². The van der Waals surface area contributed by atoms with Crippen molar-refractivity contribution >= 4 is 11.6 Å². The maximum Gasteiger partial charge on any atom is 0.101 e. The van der Waals surface area contributed by atoms with Crippen molar-refractivity contribution in [3.63, 3.8) is 0 Å². The van der Waals surface area contributed by atoms with Gasteiger partial charge in [0.2, 0.25) is 0 Å². The van der Waals surface area contributed by atoms with Crippen molar-refractivity contribution in [1.82, 2.24) is 9.78 Å². The van der Waals surface area contributed by atoms with E-state index in [1.54, 1.807) is 13.2 Å². The predicted octanol–water partition coefficient (Wildman–Crippen LogP) is 4.51. The summed E-state index contributed by atoms with van der Waals surface area (Å²) >= 11 is 6.17. The summed E-state index contributed by atoms with van der Waals surface area (Å²) in [4.78, 5) is 0. The molecule has 1 aromatic carbocycles. The van der Waals surface area contributed by atoms with Gasteiger partial charge in [-0.05, 0) is 38.0 Å². The van der Waals surface area contributed by atoms with Gasteiger partial charge in [-0.25, -0.2) is 0 Å². The maximum absolute atomic E-state index is 9.01. The monoisotopic (exact) mass is 331 g/mol. The zero-order chi connectivity index (χ0) is 17.0. The van der Waals surface area contributed by atoms with Crippen LogP contribution in [0.1, 0.15) is 36.7 Å². The molecule has 0 spiro atoms. The lowest BCUT2D eigenvalue weighted by Gasteiger charge is -2.15. The Kier molecular flexibility index (Phi) is 5.81. The van der Waals surface area contributed by atoms with E-state index in [-0.39, 0.29) is 6.10 Å². The quantitative estimate of drug-likeness (QED) is 0.782. The Morgan fingerprint density at radius 3 is 2.70 bits per heavy atom. The van der Waals surface area contributed by atoms with Crippen LogP contribution in [0.4, 0.5) is 0 Å². The van der Waals surface area contributed by atoms with E-state index < -0.39 is 0 Å². The van der Waals surface area contributed by atoms with E-state index in [2.05, 4.69) is 25.0 Å². The fourth-order valence-electron chi connectivity index (χ4n) is 2.85. The van der Waals surface area contributed by atoms with Gasteiger partial charge >= 0.3 is 0 Å². The summed E-state index contributed by atoms with van der Waals surface area (Å²) in [5, 5.41) is 14.1. The summed E-state index contributed by atoms with van der Waals surface area (Å²) < 4.78 is 7.54. The SMILES string of the molecule is CCCC(Cn1nc(C)c(-c2ccc(C#N)c(Cl)c2)c1C)OC. The molecule has 0 radical (unpaired) electrons. The molecule has 2 rings (SSSR count). The van der Waals surface area contributed by atoms with Crippen LogP contribution in [-0.4, -0.2) is 23.0 Å². The van der Waals surface area contributed by atoms with E-state index in [0.717, 1.165) is 41.9 Å². The summed E-state index contributed by atoms with van der Waals surface area (Å²) in [5.74, 6) is 0. The number of nitriles is 1. The van der Waals surface area contributed by atoms with Crippen LogP contribution in [0, 0.1) is 25.2 Å². The Morgan fingerprint density at radius 1 is 1.39 bits per heavy atom. The number of ether oxygens (including phenoxy) is 1. The van der Waals surface area contributed by atoms with Crippen LogP contribution >= 0.6 is 11.6 Å². The predicted molar refractivity (Wildman–Crippen MR) is 92.6 cm³/mol. The van der Waals surface area contributed by atoms with Crippen molar-refractivity contribution < 1.29 is 4.74 Å². The minimum atomic E-state index is 0.162. The first kappa shape index (κ1) is 17.5. The van der Waals surface area contributed by atoms with Crippen molar-refractivity contribution in [2.75, 3.05) is 7.11 Å². The van der Waals surface area contributed by atoms with Crippen molar-refractivity contribution in [2.24, 2.45) is 0 Å². The van der Waals surface area contributed by atoms with Crippen molar-refractivity contribution in [2.45, 2.75) is 46.3 Å². The molecule has 0 fully saturated rings. The minimum Gasteiger partial charge on any atom is -0.380 e. The molecular weight excluding hydrogens is 310 g/mol. The van der Waals surface area contributed by atoms with Gasteiger partial charge in [0.15, 0.2) is 0 Å². The third kappa shape index (κ3) is 3.74. The average molecular weight is 332 g/mol. The van der Waals surface area contributed by atoms with E-state index >= 15 is 0 Å². The van der Waals surface area contributed by atoms with Gasteiger partial charge in [0.1, 0.15) is 6.07 Å². The molecule has 0 amide bonds. The third-order valence-corrected chi connectivity index (χ3v) is 4.39. The molecule has 0 N–H and O–H groups in total. The lowest BCUT2D eigenvalue weighted by atomic mass is 10.0. The zero-order valence-electron chi connectivity index (χ0n) is 14.1. The van der Waals surface area contributed by atoms with Gasteiger partial charge in [0, 0.05) is 18.4 Å². The van der Waals surface area contributed by atoms with Crippen LogP contribution in [0.2, 0.25) is 5.02 Å². The molecular formula is C18H22ClN3O. The number of halogens is 1. The van der Waals surface area contributed by atoms with E-state index in [1.807, 2.05) is 23.7 Å². The van der Waals surface area contributed by atoms with Crippen LogP contribution in [0.5, 0.6) is 0 Å². The van der Waals surface area contributed by atoms with Crippen LogP contribution in [0.3, 0.4) is 0 Å². The van der Waals surface area contributed by atoms with Gasteiger partial charge in [-0.2, -0.15) is 10.4 Å². The standard InChI is InChI=1S/C18H22ClN3O/c1-5-6-16(23-4)11-22-13(3)18(12(2)21-22)14-7-8-15(10-20)17(19)9-14/h7-9,16H,5-6,11H2,1-4H3. The second-order valence-corrected chi connectivity index (χ2v) is 6.09. The van der Waals surface area contributed by atoms with E-state index in [4.69, 9.17) is 21.6 Å². The first-order chi connectivity index (χ1) is 11.0. The molecule has 0 aliphatic rings. The van der Waals surface area contributed by atoms with Gasteiger partial charge in [-0.3, -0.25) is 4.68 Å². The number of benzene rings is 1. The van der Waals surface area contributed by atoms with E-state index in [9.17, 15) is 0 Å². The summed E-state index contributed by atoms with van der Waals surface area (Å²) in [5.41, 5.74) is 4.58. The topological polar surface area (TPSA) is 50.8 Å². The van der Waals surface area contributed by atoms with E-state index in [0.29, 0.717) is 10.6 Å².